The van der Waals surface area contributed by atoms with Gasteiger partial charge in [-0.15, -0.1) is 0 Å². The van der Waals surface area contributed by atoms with E-state index in [1.165, 1.54) is 19.5 Å². The number of hydrogen-bond acceptors (Lipinski definition) is 3. The van der Waals surface area contributed by atoms with Crippen LogP contribution >= 0.6 is 0 Å². The Balaban J connectivity index is 1.82. The number of nitrogens with zero attached hydrogens (tertiary/aromatic N) is 1. The maximum atomic E-state index is 11.2. The number of nitrogens with one attached hydrogen (secondary N) is 1. The van der Waals surface area contributed by atoms with Crippen molar-refractivity contribution in [3.8, 4) is 0 Å². The lowest BCUT2D eigenvalue weighted by Crippen LogP contribution is -2.22. The first-order chi connectivity index (χ1) is 8.69. The summed E-state index contributed by atoms with van der Waals surface area (Å²) in [6, 6.07) is 7.75. The molecule has 1 aliphatic rings. The molecule has 0 saturated carbocycles. The van der Waals surface area contributed by atoms with Crippen LogP contribution in [0.3, 0.4) is 0 Å². The number of carbonyl (C=O) groups is 1. The second kappa shape index (κ2) is 6.01. The summed E-state index contributed by atoms with van der Waals surface area (Å²) < 4.78 is 0. The first-order valence-corrected chi connectivity index (χ1v) is 6.76. The van der Waals surface area contributed by atoms with Gasteiger partial charge in [0.15, 0.2) is 5.78 Å². The lowest BCUT2D eigenvalue weighted by atomic mass is 10.1. The second-order valence-electron chi connectivity index (χ2n) is 5.06. The molecule has 18 heavy (non-hydrogen) atoms. The maximum absolute atomic E-state index is 11.2. The zero-order valence-electron chi connectivity index (χ0n) is 11.3. The molecule has 0 radical (unpaired) electrons. The summed E-state index contributed by atoms with van der Waals surface area (Å²) in [7, 11) is 0. The van der Waals surface area contributed by atoms with E-state index in [9.17, 15) is 4.79 Å². The third-order valence-electron chi connectivity index (χ3n) is 3.70. The molecule has 1 unspecified atom stereocenters. The minimum Gasteiger partial charge on any atom is -0.385 e. The Morgan fingerprint density at radius 3 is 2.67 bits per heavy atom. The van der Waals surface area contributed by atoms with Crippen molar-refractivity contribution in [1.29, 1.82) is 0 Å². The van der Waals surface area contributed by atoms with Gasteiger partial charge in [0, 0.05) is 24.3 Å². The quantitative estimate of drug-likeness (QED) is 0.811. The Kier molecular flexibility index (Phi) is 4.37. The molecule has 0 aliphatic carbocycles. The predicted octanol–water partition coefficient (Wildman–Crippen LogP) is 2.64. The van der Waals surface area contributed by atoms with Crippen LogP contribution in [0.1, 0.15) is 30.6 Å². The highest BCUT2D eigenvalue weighted by Crippen LogP contribution is 2.17. The van der Waals surface area contributed by atoms with E-state index < -0.39 is 0 Å². The van der Waals surface area contributed by atoms with Crippen molar-refractivity contribution in [2.75, 3.05) is 31.5 Å². The summed E-state index contributed by atoms with van der Waals surface area (Å²) in [5, 5.41) is 3.46. The highest BCUT2D eigenvalue weighted by atomic mass is 16.1. The lowest BCUT2D eigenvalue weighted by Gasteiger charge is -2.14. The SMILES string of the molecule is CCN1CCC(CNc2ccc(C(C)=O)cc2)C1. The highest BCUT2D eigenvalue weighted by molar-refractivity contribution is 5.94. The first kappa shape index (κ1) is 13.1. The number of likely N-dealkylation sites (tertiary alicyclic amines) is 1. The molecule has 0 bridgehead atoms. The van der Waals surface area contributed by atoms with Gasteiger partial charge in [-0.05, 0) is 56.6 Å². The molecule has 1 aliphatic heterocycles. The highest BCUT2D eigenvalue weighted by Gasteiger charge is 2.20. The molecule has 1 aromatic rings. The van der Waals surface area contributed by atoms with Gasteiger partial charge in [0.1, 0.15) is 0 Å². The minimum atomic E-state index is 0.121. The molecular formula is C15H22N2O. The lowest BCUT2D eigenvalue weighted by molar-refractivity contribution is 0.101. The van der Waals surface area contributed by atoms with Crippen LogP contribution in [0.2, 0.25) is 0 Å². The second-order valence-corrected chi connectivity index (χ2v) is 5.06. The molecule has 1 N–H and O–H groups in total. The van der Waals surface area contributed by atoms with Gasteiger partial charge in [-0.1, -0.05) is 6.92 Å². The normalized spacial score (nSPS) is 20.0. The summed E-state index contributed by atoms with van der Waals surface area (Å²) in [4.78, 5) is 13.7. The third kappa shape index (κ3) is 3.33. The van der Waals surface area contributed by atoms with Gasteiger partial charge in [-0.2, -0.15) is 0 Å². The zero-order valence-corrected chi connectivity index (χ0v) is 11.3. The van der Waals surface area contributed by atoms with Gasteiger partial charge in [0.25, 0.3) is 0 Å². The number of rotatable bonds is 5. The number of carbonyl (C=O) groups excluding carboxylic acids is 1. The van der Waals surface area contributed by atoms with E-state index in [0.717, 1.165) is 30.3 Å². The van der Waals surface area contributed by atoms with Gasteiger partial charge in [-0.25, -0.2) is 0 Å². The van der Waals surface area contributed by atoms with Crippen LogP contribution in [0, 0.1) is 5.92 Å². The Bertz CT molecular complexity index is 399. The van der Waals surface area contributed by atoms with Crippen LogP contribution in [-0.4, -0.2) is 36.9 Å². The van der Waals surface area contributed by atoms with Crippen molar-refractivity contribution < 1.29 is 4.79 Å². The molecule has 3 heteroatoms. The van der Waals surface area contributed by atoms with E-state index in [4.69, 9.17) is 0 Å². The number of Topliss-reactive ketones (excluding diaryl/α,β-unsaturated/α-hetero) is 1. The Morgan fingerprint density at radius 1 is 1.39 bits per heavy atom. The summed E-state index contributed by atoms with van der Waals surface area (Å²) >= 11 is 0. The van der Waals surface area contributed by atoms with E-state index in [1.54, 1.807) is 6.92 Å². The Hall–Kier alpha value is -1.35. The number of benzene rings is 1. The molecule has 0 spiro atoms. The van der Waals surface area contributed by atoms with E-state index in [-0.39, 0.29) is 5.78 Å². The summed E-state index contributed by atoms with van der Waals surface area (Å²) in [5.41, 5.74) is 1.88. The fourth-order valence-electron chi connectivity index (χ4n) is 2.45. The molecule has 2 rings (SSSR count). The molecule has 1 atom stereocenters. The molecule has 1 aromatic carbocycles. The van der Waals surface area contributed by atoms with Crippen LogP contribution in [-0.2, 0) is 0 Å². The van der Waals surface area contributed by atoms with Gasteiger partial charge >= 0.3 is 0 Å². The van der Waals surface area contributed by atoms with Crippen LogP contribution in [0.25, 0.3) is 0 Å². The van der Waals surface area contributed by atoms with Crippen LogP contribution in [0.5, 0.6) is 0 Å². The van der Waals surface area contributed by atoms with Crippen molar-refractivity contribution in [3.63, 3.8) is 0 Å². The van der Waals surface area contributed by atoms with Gasteiger partial charge < -0.3 is 10.2 Å². The first-order valence-electron chi connectivity index (χ1n) is 6.76. The van der Waals surface area contributed by atoms with E-state index in [0.29, 0.717) is 0 Å². The minimum absolute atomic E-state index is 0.121. The molecular weight excluding hydrogens is 224 g/mol. The van der Waals surface area contributed by atoms with E-state index >= 15 is 0 Å². The van der Waals surface area contributed by atoms with Crippen LogP contribution in [0.15, 0.2) is 24.3 Å². The molecule has 1 fully saturated rings. The molecule has 1 saturated heterocycles. The standard InChI is InChI=1S/C15H22N2O/c1-3-17-9-8-13(11-17)10-16-15-6-4-14(5-7-15)12(2)18/h4-7,13,16H,3,8-11H2,1-2H3. The molecule has 3 nitrogen and oxygen atoms in total. The molecule has 0 amide bonds. The Labute approximate surface area is 109 Å². The summed E-state index contributed by atoms with van der Waals surface area (Å²) in [6.07, 6.45) is 1.28. The molecule has 98 valence electrons. The van der Waals surface area contributed by atoms with Crippen molar-refractivity contribution in [2.45, 2.75) is 20.3 Å². The van der Waals surface area contributed by atoms with Crippen molar-refractivity contribution in [2.24, 2.45) is 5.92 Å². The fourth-order valence-corrected chi connectivity index (χ4v) is 2.45. The van der Waals surface area contributed by atoms with E-state index in [1.807, 2.05) is 24.3 Å². The molecule has 0 aromatic heterocycles. The topological polar surface area (TPSA) is 32.3 Å². The third-order valence-corrected chi connectivity index (χ3v) is 3.70. The van der Waals surface area contributed by atoms with Gasteiger partial charge in [-0.3, -0.25) is 4.79 Å². The Morgan fingerprint density at radius 2 is 2.11 bits per heavy atom. The number of hydrogen-bond donors (Lipinski definition) is 1. The smallest absolute Gasteiger partial charge is 0.159 e. The van der Waals surface area contributed by atoms with Crippen LogP contribution < -0.4 is 5.32 Å². The predicted molar refractivity (Wildman–Crippen MR) is 75.2 cm³/mol. The summed E-state index contributed by atoms with van der Waals surface area (Å²) in [5.74, 6) is 0.869. The monoisotopic (exact) mass is 246 g/mol. The van der Waals surface area contributed by atoms with Gasteiger partial charge in [0.05, 0.1) is 0 Å². The summed E-state index contributed by atoms with van der Waals surface area (Å²) in [6.45, 7) is 8.43. The van der Waals surface area contributed by atoms with Crippen molar-refractivity contribution in [1.82, 2.24) is 4.90 Å². The van der Waals surface area contributed by atoms with Crippen molar-refractivity contribution >= 4 is 11.5 Å². The number of ketones is 1. The fraction of sp³-hybridized carbons (Fsp3) is 0.533. The zero-order chi connectivity index (χ0) is 13.0. The van der Waals surface area contributed by atoms with Crippen molar-refractivity contribution in [3.05, 3.63) is 29.8 Å². The molecule has 1 heterocycles. The maximum Gasteiger partial charge on any atom is 0.159 e. The number of anilines is 1. The van der Waals surface area contributed by atoms with Crippen LogP contribution in [0.4, 0.5) is 5.69 Å². The van der Waals surface area contributed by atoms with E-state index in [2.05, 4.69) is 17.1 Å². The van der Waals surface area contributed by atoms with Gasteiger partial charge in [0.2, 0.25) is 0 Å². The largest absolute Gasteiger partial charge is 0.385 e. The average molecular weight is 246 g/mol. The average Bonchev–Trinajstić information content (AvgIpc) is 2.85.